The summed E-state index contributed by atoms with van der Waals surface area (Å²) >= 11 is 1.50. The van der Waals surface area contributed by atoms with Crippen molar-refractivity contribution in [3.8, 4) is 22.8 Å². The number of para-hydroxylation sites is 2. The van der Waals surface area contributed by atoms with Crippen molar-refractivity contribution in [1.82, 2.24) is 29.9 Å². The normalized spacial score (nSPS) is 11.1. The average molecular weight is 430 g/mol. The summed E-state index contributed by atoms with van der Waals surface area (Å²) in [4.78, 5) is 13.4. The molecule has 0 amide bonds. The maximum atomic E-state index is 5.66. The lowest BCUT2D eigenvalue weighted by Crippen LogP contribution is -1.97. The van der Waals surface area contributed by atoms with Gasteiger partial charge in [-0.15, -0.1) is 0 Å². The Bertz CT molecular complexity index is 1320. The van der Waals surface area contributed by atoms with Gasteiger partial charge in [0.05, 0.1) is 35.2 Å². The van der Waals surface area contributed by atoms with Crippen LogP contribution in [0.25, 0.3) is 28.1 Å². The minimum Gasteiger partial charge on any atom is -0.493 e. The van der Waals surface area contributed by atoms with Gasteiger partial charge in [-0.2, -0.15) is 10.1 Å². The summed E-state index contributed by atoms with van der Waals surface area (Å²) in [5.41, 5.74) is 2.50. The van der Waals surface area contributed by atoms with E-state index in [0.29, 0.717) is 24.1 Å². The molecule has 0 radical (unpaired) electrons. The fourth-order valence-corrected chi connectivity index (χ4v) is 3.98. The number of aromatic nitrogens is 6. The molecule has 5 rings (SSSR count). The first kappa shape index (κ1) is 19.3. The zero-order chi connectivity index (χ0) is 21.0. The fraction of sp³-hybridized carbons (Fsp3) is 0.136. The molecule has 0 N–H and O–H groups in total. The quantitative estimate of drug-likeness (QED) is 0.274. The van der Waals surface area contributed by atoms with Crippen molar-refractivity contribution >= 4 is 22.8 Å². The van der Waals surface area contributed by atoms with Crippen LogP contribution in [0.4, 0.5) is 0 Å². The number of thioether (sulfide) groups is 1. The minimum absolute atomic E-state index is 0.479. The number of hydrogen-bond acceptors (Lipinski definition) is 8. The van der Waals surface area contributed by atoms with Crippen LogP contribution in [0, 0.1) is 0 Å². The van der Waals surface area contributed by atoms with Crippen molar-refractivity contribution in [1.29, 1.82) is 0 Å². The summed E-state index contributed by atoms with van der Waals surface area (Å²) in [6.45, 7) is 2.51. The Balaban J connectivity index is 1.37. The van der Waals surface area contributed by atoms with Crippen molar-refractivity contribution in [2.24, 2.45) is 0 Å². The monoisotopic (exact) mass is 430 g/mol. The van der Waals surface area contributed by atoms with Crippen LogP contribution in [0.3, 0.4) is 0 Å². The highest BCUT2D eigenvalue weighted by Gasteiger charge is 2.16. The van der Waals surface area contributed by atoms with E-state index in [4.69, 9.17) is 9.26 Å². The molecule has 0 saturated carbocycles. The van der Waals surface area contributed by atoms with Crippen molar-refractivity contribution in [3.63, 3.8) is 0 Å². The molecule has 0 saturated heterocycles. The highest BCUT2D eigenvalue weighted by Crippen LogP contribution is 2.30. The van der Waals surface area contributed by atoms with Gasteiger partial charge in [-0.05, 0) is 31.2 Å². The molecule has 0 atom stereocenters. The number of fused-ring (bicyclic) bond motifs is 1. The van der Waals surface area contributed by atoms with Crippen LogP contribution >= 0.6 is 11.8 Å². The maximum Gasteiger partial charge on any atom is 0.237 e. The predicted octanol–water partition coefficient (Wildman–Crippen LogP) is 4.56. The second-order valence-electron chi connectivity index (χ2n) is 6.54. The Hall–Kier alpha value is -3.72. The van der Waals surface area contributed by atoms with E-state index in [1.165, 1.54) is 11.8 Å². The second-order valence-corrected chi connectivity index (χ2v) is 7.50. The van der Waals surface area contributed by atoms with Gasteiger partial charge >= 0.3 is 0 Å². The highest BCUT2D eigenvalue weighted by molar-refractivity contribution is 7.98. The van der Waals surface area contributed by atoms with E-state index in [1.807, 2.05) is 61.5 Å². The second kappa shape index (κ2) is 8.57. The molecule has 0 unspecified atom stereocenters. The summed E-state index contributed by atoms with van der Waals surface area (Å²) in [6, 6.07) is 17.5. The van der Waals surface area contributed by atoms with Gasteiger partial charge < -0.3 is 9.26 Å². The summed E-state index contributed by atoms with van der Waals surface area (Å²) in [6.07, 6.45) is 3.33. The first-order chi connectivity index (χ1) is 15.3. The van der Waals surface area contributed by atoms with Crippen LogP contribution in [-0.4, -0.2) is 36.5 Å². The van der Waals surface area contributed by atoms with Crippen molar-refractivity contribution in [3.05, 3.63) is 73.0 Å². The molecular weight excluding hydrogens is 412 g/mol. The molecule has 3 heterocycles. The van der Waals surface area contributed by atoms with Crippen LogP contribution in [0.2, 0.25) is 0 Å². The number of hydrogen-bond donors (Lipinski definition) is 0. The van der Waals surface area contributed by atoms with Crippen LogP contribution in [0.1, 0.15) is 12.8 Å². The van der Waals surface area contributed by atoms with E-state index < -0.39 is 0 Å². The van der Waals surface area contributed by atoms with Gasteiger partial charge in [0.15, 0.2) is 5.65 Å². The minimum atomic E-state index is 0.479. The van der Waals surface area contributed by atoms with Crippen LogP contribution in [0.15, 0.2) is 76.7 Å². The zero-order valence-electron chi connectivity index (χ0n) is 16.7. The van der Waals surface area contributed by atoms with Crippen molar-refractivity contribution in [2.75, 3.05) is 6.61 Å². The Morgan fingerprint density at radius 1 is 1.03 bits per heavy atom. The lowest BCUT2D eigenvalue weighted by Gasteiger charge is -2.06. The van der Waals surface area contributed by atoms with Gasteiger partial charge in [0, 0.05) is 0 Å². The molecule has 31 heavy (non-hydrogen) atoms. The van der Waals surface area contributed by atoms with Crippen LogP contribution in [0.5, 0.6) is 5.75 Å². The molecule has 0 fully saturated rings. The molecule has 9 heteroatoms. The first-order valence-corrected chi connectivity index (χ1v) is 10.7. The Kier molecular flexibility index (Phi) is 5.32. The Morgan fingerprint density at radius 2 is 1.87 bits per heavy atom. The average Bonchev–Trinajstić information content (AvgIpc) is 3.46. The Labute approximate surface area is 182 Å². The van der Waals surface area contributed by atoms with Crippen molar-refractivity contribution < 1.29 is 9.26 Å². The topological polar surface area (TPSA) is 91.8 Å². The Morgan fingerprint density at radius 3 is 2.74 bits per heavy atom. The third-order valence-corrected chi connectivity index (χ3v) is 5.55. The largest absolute Gasteiger partial charge is 0.493 e. The van der Waals surface area contributed by atoms with E-state index in [9.17, 15) is 0 Å². The molecule has 154 valence electrons. The van der Waals surface area contributed by atoms with Gasteiger partial charge in [-0.3, -0.25) is 0 Å². The summed E-state index contributed by atoms with van der Waals surface area (Å²) in [5, 5.41) is 10.3. The SMILES string of the molecule is CCOc1ccccc1-c1noc(CSc2ncnc3c2cnn3-c2ccccc2)n1. The van der Waals surface area contributed by atoms with E-state index in [-0.39, 0.29) is 0 Å². The lowest BCUT2D eigenvalue weighted by molar-refractivity contribution is 0.341. The molecule has 0 spiro atoms. The summed E-state index contributed by atoms with van der Waals surface area (Å²) < 4.78 is 12.9. The first-order valence-electron chi connectivity index (χ1n) is 9.75. The van der Waals surface area contributed by atoms with Crippen LogP contribution in [-0.2, 0) is 5.75 Å². The maximum absolute atomic E-state index is 5.66. The van der Waals surface area contributed by atoms with Crippen LogP contribution < -0.4 is 4.74 Å². The van der Waals surface area contributed by atoms with E-state index in [2.05, 4.69) is 25.2 Å². The van der Waals surface area contributed by atoms with Gasteiger partial charge in [0.2, 0.25) is 11.7 Å². The molecule has 0 aliphatic carbocycles. The highest BCUT2D eigenvalue weighted by atomic mass is 32.2. The number of benzene rings is 2. The molecule has 8 nitrogen and oxygen atoms in total. The molecule has 0 aliphatic rings. The van der Waals surface area contributed by atoms with Gasteiger partial charge in [-0.1, -0.05) is 47.3 Å². The third kappa shape index (κ3) is 3.87. The van der Waals surface area contributed by atoms with E-state index >= 15 is 0 Å². The standard InChI is InChI=1S/C22H18N6O2S/c1-2-29-18-11-7-6-10-16(18)20-26-19(30-27-20)13-31-22-17-12-25-28(21(17)23-14-24-22)15-8-4-3-5-9-15/h3-12,14H,2,13H2,1H3. The van der Waals surface area contributed by atoms with E-state index in [1.54, 1.807) is 17.2 Å². The molecule has 3 aromatic heterocycles. The fourth-order valence-electron chi connectivity index (χ4n) is 3.18. The van der Waals surface area contributed by atoms with Gasteiger partial charge in [0.1, 0.15) is 17.1 Å². The molecule has 5 aromatic rings. The predicted molar refractivity (Wildman–Crippen MR) is 117 cm³/mol. The number of ether oxygens (including phenoxy) is 1. The zero-order valence-corrected chi connectivity index (χ0v) is 17.5. The smallest absolute Gasteiger partial charge is 0.237 e. The van der Waals surface area contributed by atoms with Crippen molar-refractivity contribution in [2.45, 2.75) is 17.7 Å². The summed E-state index contributed by atoms with van der Waals surface area (Å²) in [7, 11) is 0. The van der Waals surface area contributed by atoms with Gasteiger partial charge in [0.25, 0.3) is 0 Å². The molecular formula is C22H18N6O2S. The molecule has 0 aliphatic heterocycles. The summed E-state index contributed by atoms with van der Waals surface area (Å²) in [5.74, 6) is 2.22. The number of nitrogens with zero attached hydrogens (tertiary/aromatic N) is 6. The van der Waals surface area contributed by atoms with Gasteiger partial charge in [-0.25, -0.2) is 14.6 Å². The lowest BCUT2D eigenvalue weighted by atomic mass is 10.2. The molecule has 2 aromatic carbocycles. The van der Waals surface area contributed by atoms with E-state index in [0.717, 1.165) is 33.1 Å². The number of rotatable bonds is 7. The molecule has 0 bridgehead atoms. The third-order valence-electron chi connectivity index (χ3n) is 4.56.